The molecule has 2 N–H and O–H groups in total. The highest BCUT2D eigenvalue weighted by Crippen LogP contribution is 2.20. The van der Waals surface area contributed by atoms with Gasteiger partial charge in [-0.05, 0) is 12.1 Å². The second kappa shape index (κ2) is 2.94. The fraction of sp³-hybridized carbons (Fsp3) is 0. The van der Waals surface area contributed by atoms with Gasteiger partial charge >= 0.3 is 0 Å². The van der Waals surface area contributed by atoms with Crippen molar-refractivity contribution in [1.82, 2.24) is 9.38 Å². The van der Waals surface area contributed by atoms with E-state index in [1.165, 1.54) is 10.6 Å². The van der Waals surface area contributed by atoms with Crippen molar-refractivity contribution in [2.24, 2.45) is 5.14 Å². The molecular weight excluding hydrogens is 226 g/mol. The van der Waals surface area contributed by atoms with Gasteiger partial charge in [0.15, 0.2) is 10.2 Å². The fourth-order valence-corrected chi connectivity index (χ4v) is 2.41. The Bertz CT molecular complexity index is 590. The molecule has 14 heavy (non-hydrogen) atoms. The van der Waals surface area contributed by atoms with Crippen LogP contribution in [0.25, 0.3) is 5.65 Å². The Hall–Kier alpha value is -1.11. The SMILES string of the molecule is NS(=O)(=O)c1c(Cl)nc2ccccn12. The Kier molecular flexibility index (Phi) is 1.99. The molecule has 74 valence electrons. The summed E-state index contributed by atoms with van der Waals surface area (Å²) < 4.78 is 23.7. The topological polar surface area (TPSA) is 77.5 Å². The summed E-state index contributed by atoms with van der Waals surface area (Å²) in [7, 11) is -3.85. The van der Waals surface area contributed by atoms with Gasteiger partial charge in [0.2, 0.25) is 0 Å². The largest absolute Gasteiger partial charge is 0.288 e. The van der Waals surface area contributed by atoms with Gasteiger partial charge in [-0.2, -0.15) is 0 Å². The van der Waals surface area contributed by atoms with Gasteiger partial charge in [-0.3, -0.25) is 4.40 Å². The summed E-state index contributed by atoms with van der Waals surface area (Å²) in [6, 6.07) is 5.03. The van der Waals surface area contributed by atoms with Crippen molar-refractivity contribution in [3.63, 3.8) is 0 Å². The lowest BCUT2D eigenvalue weighted by molar-refractivity contribution is 0.593. The van der Waals surface area contributed by atoms with Crippen LogP contribution in [0.5, 0.6) is 0 Å². The van der Waals surface area contributed by atoms with Gasteiger partial charge in [-0.1, -0.05) is 17.7 Å². The van der Waals surface area contributed by atoms with E-state index in [1.54, 1.807) is 18.2 Å². The standard InChI is InChI=1S/C7H6ClN3O2S/c8-6-7(14(9,12)13)11-4-2-1-3-5(11)10-6/h1-4H,(H2,9,12,13). The van der Waals surface area contributed by atoms with Gasteiger partial charge in [-0.15, -0.1) is 0 Å². The molecule has 0 radical (unpaired) electrons. The van der Waals surface area contributed by atoms with Crippen molar-refractivity contribution in [3.8, 4) is 0 Å². The van der Waals surface area contributed by atoms with Gasteiger partial charge in [0.05, 0.1) is 0 Å². The Morgan fingerprint density at radius 2 is 2.14 bits per heavy atom. The predicted molar refractivity (Wildman–Crippen MR) is 51.6 cm³/mol. The first-order valence-electron chi connectivity index (χ1n) is 3.65. The Morgan fingerprint density at radius 3 is 2.79 bits per heavy atom. The van der Waals surface area contributed by atoms with Crippen molar-refractivity contribution in [1.29, 1.82) is 0 Å². The average molecular weight is 232 g/mol. The first-order valence-corrected chi connectivity index (χ1v) is 5.58. The number of nitrogens with two attached hydrogens (primary N) is 1. The van der Waals surface area contributed by atoms with Crippen LogP contribution in [0.15, 0.2) is 29.4 Å². The number of aromatic nitrogens is 2. The Morgan fingerprint density at radius 1 is 1.43 bits per heavy atom. The lowest BCUT2D eigenvalue weighted by atomic mass is 10.5. The second-order valence-electron chi connectivity index (χ2n) is 2.68. The number of fused-ring (bicyclic) bond motifs is 1. The average Bonchev–Trinajstić information content (AvgIpc) is 2.38. The molecule has 5 nitrogen and oxygen atoms in total. The number of imidazole rings is 1. The number of halogens is 1. The maximum absolute atomic E-state index is 11.2. The Labute approximate surface area is 85.2 Å². The third-order valence-corrected chi connectivity index (χ3v) is 3.02. The number of sulfonamides is 1. The van der Waals surface area contributed by atoms with Crippen molar-refractivity contribution in [3.05, 3.63) is 29.5 Å². The maximum Gasteiger partial charge on any atom is 0.257 e. The van der Waals surface area contributed by atoms with Gasteiger partial charge in [-0.25, -0.2) is 18.5 Å². The molecular formula is C7H6ClN3O2S. The fourth-order valence-electron chi connectivity index (χ4n) is 1.20. The molecule has 0 aliphatic carbocycles. The molecule has 2 aromatic heterocycles. The molecule has 0 amide bonds. The normalized spacial score (nSPS) is 12.1. The summed E-state index contributed by atoms with van der Waals surface area (Å²) in [4.78, 5) is 3.85. The van der Waals surface area contributed by atoms with E-state index in [9.17, 15) is 8.42 Å². The molecule has 0 bridgehead atoms. The maximum atomic E-state index is 11.2. The zero-order valence-electron chi connectivity index (χ0n) is 6.88. The third-order valence-electron chi connectivity index (χ3n) is 1.72. The zero-order chi connectivity index (χ0) is 10.3. The molecule has 0 fully saturated rings. The van der Waals surface area contributed by atoms with E-state index < -0.39 is 10.0 Å². The van der Waals surface area contributed by atoms with Crippen LogP contribution in [-0.2, 0) is 10.0 Å². The number of hydrogen-bond acceptors (Lipinski definition) is 3. The minimum atomic E-state index is -3.85. The van der Waals surface area contributed by atoms with E-state index in [0.29, 0.717) is 5.65 Å². The van der Waals surface area contributed by atoms with E-state index >= 15 is 0 Å². The van der Waals surface area contributed by atoms with Gasteiger partial charge in [0.25, 0.3) is 10.0 Å². The molecule has 0 saturated heterocycles. The second-order valence-corrected chi connectivity index (χ2v) is 4.52. The van der Waals surface area contributed by atoms with Crippen LogP contribution >= 0.6 is 11.6 Å². The van der Waals surface area contributed by atoms with Gasteiger partial charge in [0.1, 0.15) is 5.65 Å². The summed E-state index contributed by atoms with van der Waals surface area (Å²) in [5.74, 6) is 0. The number of pyridine rings is 1. The Balaban J connectivity index is 2.95. The molecule has 0 atom stereocenters. The van der Waals surface area contributed by atoms with Gasteiger partial charge in [0, 0.05) is 6.20 Å². The van der Waals surface area contributed by atoms with Crippen LogP contribution in [-0.4, -0.2) is 17.8 Å². The van der Waals surface area contributed by atoms with Crippen molar-refractivity contribution in [2.75, 3.05) is 0 Å². The highest BCUT2D eigenvalue weighted by molar-refractivity contribution is 7.89. The quantitative estimate of drug-likeness (QED) is 0.782. The smallest absolute Gasteiger partial charge is 0.257 e. The van der Waals surface area contributed by atoms with Crippen LogP contribution in [0, 0.1) is 0 Å². The van der Waals surface area contributed by atoms with Crippen LogP contribution in [0.4, 0.5) is 0 Å². The highest BCUT2D eigenvalue weighted by Gasteiger charge is 2.19. The highest BCUT2D eigenvalue weighted by atomic mass is 35.5. The number of rotatable bonds is 1. The zero-order valence-corrected chi connectivity index (χ0v) is 8.46. The summed E-state index contributed by atoms with van der Waals surface area (Å²) >= 11 is 5.66. The minimum Gasteiger partial charge on any atom is -0.288 e. The third kappa shape index (κ3) is 1.37. The summed E-state index contributed by atoms with van der Waals surface area (Å²) in [5.41, 5.74) is 0.446. The lowest BCUT2D eigenvalue weighted by Crippen LogP contribution is -2.14. The molecule has 0 aromatic carbocycles. The van der Waals surface area contributed by atoms with Crippen molar-refractivity contribution < 1.29 is 8.42 Å². The van der Waals surface area contributed by atoms with E-state index in [-0.39, 0.29) is 10.2 Å². The minimum absolute atomic E-state index is 0.112. The van der Waals surface area contributed by atoms with E-state index in [0.717, 1.165) is 0 Å². The van der Waals surface area contributed by atoms with Crippen LogP contribution < -0.4 is 5.14 Å². The van der Waals surface area contributed by atoms with Crippen LogP contribution in [0.3, 0.4) is 0 Å². The van der Waals surface area contributed by atoms with E-state index in [2.05, 4.69) is 4.98 Å². The predicted octanol–water partition coefficient (Wildman–Crippen LogP) is 0.635. The molecule has 2 aromatic rings. The molecule has 2 heterocycles. The first kappa shape index (κ1) is 9.45. The first-order chi connectivity index (χ1) is 6.50. The van der Waals surface area contributed by atoms with Crippen LogP contribution in [0.1, 0.15) is 0 Å². The molecule has 7 heteroatoms. The summed E-state index contributed by atoms with van der Waals surface area (Å²) in [6.45, 7) is 0. The molecule has 0 aliphatic rings. The van der Waals surface area contributed by atoms with Crippen LogP contribution in [0.2, 0.25) is 5.15 Å². The van der Waals surface area contributed by atoms with Gasteiger partial charge < -0.3 is 0 Å². The van der Waals surface area contributed by atoms with E-state index in [4.69, 9.17) is 16.7 Å². The molecule has 0 aliphatic heterocycles. The number of hydrogen-bond donors (Lipinski definition) is 1. The molecule has 0 saturated carbocycles. The summed E-state index contributed by atoms with van der Waals surface area (Å²) in [6.07, 6.45) is 1.54. The molecule has 0 spiro atoms. The molecule has 2 rings (SSSR count). The summed E-state index contributed by atoms with van der Waals surface area (Å²) in [5, 5.41) is 4.70. The molecule has 0 unspecified atom stereocenters. The lowest BCUT2D eigenvalue weighted by Gasteiger charge is -1.97. The number of nitrogens with zero attached hydrogens (tertiary/aromatic N) is 2. The number of primary sulfonamides is 1. The van der Waals surface area contributed by atoms with Crippen molar-refractivity contribution >= 4 is 27.3 Å². The monoisotopic (exact) mass is 231 g/mol. The van der Waals surface area contributed by atoms with E-state index in [1.807, 2.05) is 0 Å². The van der Waals surface area contributed by atoms with Crippen molar-refractivity contribution in [2.45, 2.75) is 5.03 Å².